The zero-order valence-electron chi connectivity index (χ0n) is 9.16. The van der Waals surface area contributed by atoms with Gasteiger partial charge in [0.05, 0.1) is 10.5 Å². The maximum atomic E-state index is 13.8. The molecule has 0 aliphatic carbocycles. The molecule has 0 radical (unpaired) electrons. The maximum Gasteiger partial charge on any atom is 0.277 e. The van der Waals surface area contributed by atoms with Gasteiger partial charge in [-0.15, -0.1) is 0 Å². The van der Waals surface area contributed by atoms with Crippen LogP contribution in [0.25, 0.3) is 0 Å². The van der Waals surface area contributed by atoms with Gasteiger partial charge in [-0.25, -0.2) is 4.39 Å². The number of benzene rings is 1. The first-order chi connectivity index (χ1) is 8.08. The number of likely N-dealkylation sites (tertiary alicyclic amines) is 1. The van der Waals surface area contributed by atoms with E-state index >= 15 is 0 Å². The molecule has 6 heteroatoms. The fourth-order valence-corrected chi connectivity index (χ4v) is 2.49. The van der Waals surface area contributed by atoms with Gasteiger partial charge in [0, 0.05) is 17.1 Å². The average Bonchev–Trinajstić information content (AvgIpc) is 2.74. The van der Waals surface area contributed by atoms with E-state index in [1.54, 1.807) is 0 Å². The third-order valence-corrected chi connectivity index (χ3v) is 3.37. The average molecular weight is 303 g/mol. The highest BCUT2D eigenvalue weighted by atomic mass is 79.9. The third kappa shape index (κ3) is 2.81. The summed E-state index contributed by atoms with van der Waals surface area (Å²) in [5.74, 6) is -0.516. The smallest absolute Gasteiger partial charge is 0.277 e. The van der Waals surface area contributed by atoms with Crippen LogP contribution in [0.5, 0.6) is 0 Å². The van der Waals surface area contributed by atoms with E-state index in [-0.39, 0.29) is 11.3 Å². The molecule has 0 unspecified atom stereocenters. The van der Waals surface area contributed by atoms with Crippen LogP contribution in [0.2, 0.25) is 0 Å². The van der Waals surface area contributed by atoms with Crippen LogP contribution in [0.3, 0.4) is 0 Å². The van der Waals surface area contributed by atoms with Gasteiger partial charge in [0.1, 0.15) is 5.82 Å². The summed E-state index contributed by atoms with van der Waals surface area (Å²) in [6.07, 6.45) is 2.15. The van der Waals surface area contributed by atoms with Gasteiger partial charge in [0.25, 0.3) is 5.69 Å². The largest absolute Gasteiger partial charge is 0.299 e. The van der Waals surface area contributed by atoms with Crippen molar-refractivity contribution in [3.05, 3.63) is 38.1 Å². The molecule has 0 spiro atoms. The van der Waals surface area contributed by atoms with Crippen LogP contribution in [-0.2, 0) is 6.54 Å². The van der Waals surface area contributed by atoms with Crippen LogP contribution in [-0.4, -0.2) is 22.9 Å². The van der Waals surface area contributed by atoms with Crippen molar-refractivity contribution >= 4 is 21.6 Å². The molecular formula is C11H12BrFN2O2. The summed E-state index contributed by atoms with van der Waals surface area (Å²) in [5, 5.41) is 10.9. The van der Waals surface area contributed by atoms with Gasteiger partial charge in [-0.05, 0) is 32.0 Å². The van der Waals surface area contributed by atoms with E-state index in [9.17, 15) is 14.5 Å². The fourth-order valence-electron chi connectivity index (χ4n) is 2.07. The van der Waals surface area contributed by atoms with Gasteiger partial charge in [0.15, 0.2) is 0 Å². The van der Waals surface area contributed by atoms with E-state index in [4.69, 9.17) is 0 Å². The molecule has 0 atom stereocenters. The number of hydrogen-bond donors (Lipinski definition) is 0. The molecule has 1 heterocycles. The van der Waals surface area contributed by atoms with Gasteiger partial charge in [-0.3, -0.25) is 15.0 Å². The second-order valence-electron chi connectivity index (χ2n) is 4.13. The number of rotatable bonds is 3. The number of halogens is 2. The fraction of sp³-hybridized carbons (Fsp3) is 0.455. The molecule has 0 amide bonds. The molecule has 1 aromatic carbocycles. The topological polar surface area (TPSA) is 46.4 Å². The SMILES string of the molecule is O=[N+]([O-])c1cc(Br)cc(F)c1CN1CCCC1. The van der Waals surface area contributed by atoms with Crippen molar-refractivity contribution in [3.63, 3.8) is 0 Å². The second kappa shape index (κ2) is 5.10. The lowest BCUT2D eigenvalue weighted by molar-refractivity contribution is -0.386. The number of hydrogen-bond acceptors (Lipinski definition) is 3. The third-order valence-electron chi connectivity index (χ3n) is 2.91. The quantitative estimate of drug-likeness (QED) is 0.637. The summed E-state index contributed by atoms with van der Waals surface area (Å²) in [7, 11) is 0. The van der Waals surface area contributed by atoms with Crippen LogP contribution in [0, 0.1) is 15.9 Å². The van der Waals surface area contributed by atoms with Gasteiger partial charge < -0.3 is 0 Å². The summed E-state index contributed by atoms with van der Waals surface area (Å²) in [4.78, 5) is 12.4. The molecule has 0 saturated carbocycles. The molecule has 17 heavy (non-hydrogen) atoms. The predicted octanol–water partition coefficient (Wildman–Crippen LogP) is 3.09. The lowest BCUT2D eigenvalue weighted by Gasteiger charge is -2.15. The monoisotopic (exact) mass is 302 g/mol. The minimum atomic E-state index is -0.529. The zero-order valence-corrected chi connectivity index (χ0v) is 10.7. The summed E-state index contributed by atoms with van der Waals surface area (Å²) < 4.78 is 14.2. The molecule has 1 saturated heterocycles. The molecule has 1 aliphatic rings. The highest BCUT2D eigenvalue weighted by Gasteiger charge is 2.23. The van der Waals surface area contributed by atoms with Crippen molar-refractivity contribution in [2.45, 2.75) is 19.4 Å². The maximum absolute atomic E-state index is 13.8. The van der Waals surface area contributed by atoms with Crippen LogP contribution < -0.4 is 0 Å². The number of nitro benzene ring substituents is 1. The molecular weight excluding hydrogens is 291 g/mol. The summed E-state index contributed by atoms with van der Waals surface area (Å²) in [6.45, 7) is 2.08. The first-order valence-electron chi connectivity index (χ1n) is 5.42. The van der Waals surface area contributed by atoms with E-state index in [0.29, 0.717) is 11.0 Å². The van der Waals surface area contributed by atoms with Crippen LogP contribution in [0.1, 0.15) is 18.4 Å². The Morgan fingerprint density at radius 1 is 1.41 bits per heavy atom. The molecule has 92 valence electrons. The van der Waals surface area contributed by atoms with E-state index in [2.05, 4.69) is 15.9 Å². The van der Waals surface area contributed by atoms with Gasteiger partial charge in [-0.1, -0.05) is 15.9 Å². The number of nitro groups is 1. The van der Waals surface area contributed by atoms with Gasteiger partial charge >= 0.3 is 0 Å². The normalized spacial score (nSPS) is 16.4. The highest BCUT2D eigenvalue weighted by molar-refractivity contribution is 9.10. The Morgan fingerprint density at radius 2 is 2.06 bits per heavy atom. The lowest BCUT2D eigenvalue weighted by atomic mass is 10.1. The summed E-state index contributed by atoms with van der Waals surface area (Å²) in [5.41, 5.74) is 0.0314. The first kappa shape index (κ1) is 12.4. The van der Waals surface area contributed by atoms with Crippen molar-refractivity contribution < 1.29 is 9.31 Å². The molecule has 1 fully saturated rings. The van der Waals surface area contributed by atoms with Crippen LogP contribution in [0.4, 0.5) is 10.1 Å². The van der Waals surface area contributed by atoms with E-state index in [1.165, 1.54) is 12.1 Å². The van der Waals surface area contributed by atoms with Crippen molar-refractivity contribution in [3.8, 4) is 0 Å². The van der Waals surface area contributed by atoms with Crippen molar-refractivity contribution in [1.82, 2.24) is 4.90 Å². The van der Waals surface area contributed by atoms with Gasteiger partial charge in [0.2, 0.25) is 0 Å². The predicted molar refractivity (Wildman–Crippen MR) is 65.3 cm³/mol. The minimum absolute atomic E-state index is 0.149. The van der Waals surface area contributed by atoms with Crippen molar-refractivity contribution in [1.29, 1.82) is 0 Å². The Balaban J connectivity index is 2.33. The molecule has 0 N–H and O–H groups in total. The molecule has 0 aromatic heterocycles. The minimum Gasteiger partial charge on any atom is -0.299 e. The lowest BCUT2D eigenvalue weighted by Crippen LogP contribution is -2.20. The molecule has 1 aliphatic heterocycles. The van der Waals surface area contributed by atoms with Gasteiger partial charge in [-0.2, -0.15) is 0 Å². The molecule has 2 rings (SSSR count). The molecule has 1 aromatic rings. The molecule has 0 bridgehead atoms. The second-order valence-corrected chi connectivity index (χ2v) is 5.04. The van der Waals surface area contributed by atoms with E-state index < -0.39 is 10.7 Å². The number of nitrogens with zero attached hydrogens (tertiary/aromatic N) is 2. The summed E-state index contributed by atoms with van der Waals surface area (Å²) >= 11 is 3.07. The Hall–Kier alpha value is -1.01. The Bertz CT molecular complexity index is 447. The molecule has 4 nitrogen and oxygen atoms in total. The van der Waals surface area contributed by atoms with Crippen molar-refractivity contribution in [2.75, 3.05) is 13.1 Å². The van der Waals surface area contributed by atoms with Crippen molar-refractivity contribution in [2.24, 2.45) is 0 Å². The zero-order chi connectivity index (χ0) is 12.4. The Labute approximate surface area is 107 Å². The highest BCUT2D eigenvalue weighted by Crippen LogP contribution is 2.28. The van der Waals surface area contributed by atoms with E-state index in [0.717, 1.165) is 25.9 Å². The summed E-state index contributed by atoms with van der Waals surface area (Å²) in [6, 6.07) is 2.63. The Kier molecular flexibility index (Phi) is 3.73. The van der Waals surface area contributed by atoms with Crippen LogP contribution in [0.15, 0.2) is 16.6 Å². The van der Waals surface area contributed by atoms with E-state index in [1.807, 2.05) is 4.90 Å². The first-order valence-corrected chi connectivity index (χ1v) is 6.22. The van der Waals surface area contributed by atoms with Crippen LogP contribution >= 0.6 is 15.9 Å². The standard InChI is InChI=1S/C11H12BrFN2O2/c12-8-5-10(13)9(11(6-8)15(16)17)7-14-3-1-2-4-14/h5-6H,1-4,7H2. The Morgan fingerprint density at radius 3 is 2.65 bits per heavy atom.